The van der Waals surface area contributed by atoms with Crippen molar-refractivity contribution < 1.29 is 37.3 Å². The zero-order valence-electron chi connectivity index (χ0n) is 18.0. The lowest BCUT2D eigenvalue weighted by Crippen LogP contribution is -2.32. The molecule has 2 aromatic carbocycles. The molecule has 172 valence electrons. The maximum Gasteiger partial charge on any atom is 0.387 e. The van der Waals surface area contributed by atoms with Gasteiger partial charge < -0.3 is 23.8 Å². The molecule has 0 aromatic heterocycles. The molecule has 0 saturated heterocycles. The number of carbonyl (C=O) groups is 2. The molecule has 0 radical (unpaired) electrons. The first-order valence-corrected chi connectivity index (χ1v) is 9.67. The van der Waals surface area contributed by atoms with Crippen LogP contribution >= 0.6 is 0 Å². The average molecular weight is 449 g/mol. The van der Waals surface area contributed by atoms with Crippen molar-refractivity contribution in [2.75, 3.05) is 34.4 Å². The second kappa shape index (κ2) is 12.3. The van der Waals surface area contributed by atoms with Crippen LogP contribution in [0.3, 0.4) is 0 Å². The van der Waals surface area contributed by atoms with E-state index in [-0.39, 0.29) is 11.7 Å². The number of ether oxygens (including phenoxy) is 4. The van der Waals surface area contributed by atoms with E-state index in [1.807, 2.05) is 12.1 Å². The zero-order chi connectivity index (χ0) is 23.5. The summed E-state index contributed by atoms with van der Waals surface area (Å²) in [7, 11) is 4.73. The summed E-state index contributed by atoms with van der Waals surface area (Å²) in [5, 5.41) is 0. The van der Waals surface area contributed by atoms with Crippen LogP contribution in [0.25, 0.3) is 6.08 Å². The summed E-state index contributed by atoms with van der Waals surface area (Å²) < 4.78 is 44.0. The van der Waals surface area contributed by atoms with E-state index in [9.17, 15) is 18.4 Å². The van der Waals surface area contributed by atoms with Gasteiger partial charge in [-0.15, -0.1) is 0 Å². The lowest BCUT2D eigenvalue weighted by Gasteiger charge is -2.17. The Morgan fingerprint density at radius 2 is 1.72 bits per heavy atom. The van der Waals surface area contributed by atoms with Crippen LogP contribution in [0.15, 0.2) is 48.5 Å². The Labute approximate surface area is 185 Å². The molecule has 0 fully saturated rings. The predicted octanol–water partition coefficient (Wildman–Crippen LogP) is 3.56. The van der Waals surface area contributed by atoms with E-state index in [0.29, 0.717) is 30.0 Å². The topological polar surface area (TPSA) is 74.3 Å². The molecule has 7 nitrogen and oxygen atoms in total. The van der Waals surface area contributed by atoms with Gasteiger partial charge in [-0.05, 0) is 47.9 Å². The molecule has 2 rings (SSSR count). The van der Waals surface area contributed by atoms with E-state index in [2.05, 4.69) is 4.74 Å². The molecule has 0 spiro atoms. The van der Waals surface area contributed by atoms with Crippen molar-refractivity contribution in [2.45, 2.75) is 13.0 Å². The second-order valence-electron chi connectivity index (χ2n) is 6.64. The maximum absolute atomic E-state index is 12.2. The van der Waals surface area contributed by atoms with E-state index in [1.165, 1.54) is 35.2 Å². The van der Waals surface area contributed by atoms with Crippen molar-refractivity contribution in [2.24, 2.45) is 0 Å². The van der Waals surface area contributed by atoms with Crippen LogP contribution in [0.5, 0.6) is 17.2 Å². The minimum absolute atomic E-state index is 0.0152. The zero-order valence-corrected chi connectivity index (χ0v) is 18.0. The molecule has 0 heterocycles. The van der Waals surface area contributed by atoms with Gasteiger partial charge in [0.1, 0.15) is 5.75 Å². The Morgan fingerprint density at radius 3 is 2.34 bits per heavy atom. The first kappa shape index (κ1) is 24.6. The van der Waals surface area contributed by atoms with E-state index in [4.69, 9.17) is 14.2 Å². The number of carbonyl (C=O) groups excluding carboxylic acids is 2. The predicted molar refractivity (Wildman–Crippen MR) is 114 cm³/mol. The normalized spacial score (nSPS) is 10.8. The minimum Gasteiger partial charge on any atom is -0.493 e. The molecular weight excluding hydrogens is 424 g/mol. The molecule has 9 heteroatoms. The van der Waals surface area contributed by atoms with Gasteiger partial charge in [-0.1, -0.05) is 18.2 Å². The highest BCUT2D eigenvalue weighted by Gasteiger charge is 2.12. The van der Waals surface area contributed by atoms with Gasteiger partial charge in [-0.25, -0.2) is 4.79 Å². The van der Waals surface area contributed by atoms with Gasteiger partial charge in [0.2, 0.25) is 0 Å². The van der Waals surface area contributed by atoms with Gasteiger partial charge in [-0.3, -0.25) is 4.79 Å². The summed E-state index contributed by atoms with van der Waals surface area (Å²) in [4.78, 5) is 25.5. The van der Waals surface area contributed by atoms with Crippen molar-refractivity contribution in [3.05, 3.63) is 59.7 Å². The molecule has 0 aliphatic rings. The number of likely N-dealkylation sites (N-methyl/N-ethyl adjacent to an activating group) is 1. The Balaban J connectivity index is 1.77. The Bertz CT molecular complexity index is 931. The van der Waals surface area contributed by atoms with Gasteiger partial charge in [0.05, 0.1) is 14.2 Å². The molecule has 2 aromatic rings. The lowest BCUT2D eigenvalue weighted by molar-refractivity contribution is -0.147. The number of alkyl halides is 2. The van der Waals surface area contributed by atoms with Crippen molar-refractivity contribution in [3.8, 4) is 17.2 Å². The summed E-state index contributed by atoms with van der Waals surface area (Å²) in [5.74, 6) is 0.204. The first-order valence-electron chi connectivity index (χ1n) is 9.67. The number of halogens is 2. The number of benzene rings is 2. The molecule has 0 saturated carbocycles. The van der Waals surface area contributed by atoms with E-state index < -0.39 is 19.2 Å². The molecule has 0 aliphatic carbocycles. The SMILES string of the molecule is COc1ccc(CCN(C)C(=O)COC(=O)C=Cc2ccc(OC(F)F)cc2)cc1OC. The number of esters is 1. The number of hydrogen-bond donors (Lipinski definition) is 0. The largest absolute Gasteiger partial charge is 0.493 e. The number of methoxy groups -OCH3 is 2. The van der Waals surface area contributed by atoms with Crippen LogP contribution < -0.4 is 14.2 Å². The number of nitrogens with zero attached hydrogens (tertiary/aromatic N) is 1. The highest BCUT2D eigenvalue weighted by atomic mass is 19.3. The molecule has 0 unspecified atom stereocenters. The van der Waals surface area contributed by atoms with Crippen molar-refractivity contribution in [1.29, 1.82) is 0 Å². The Morgan fingerprint density at radius 1 is 1.03 bits per heavy atom. The second-order valence-corrected chi connectivity index (χ2v) is 6.64. The number of rotatable bonds is 11. The van der Waals surface area contributed by atoms with Crippen LogP contribution in [0.2, 0.25) is 0 Å². The molecule has 0 atom stereocenters. The lowest BCUT2D eigenvalue weighted by atomic mass is 10.1. The summed E-state index contributed by atoms with van der Waals surface area (Å²) in [6, 6.07) is 11.2. The third-order valence-electron chi connectivity index (χ3n) is 4.46. The summed E-state index contributed by atoms with van der Waals surface area (Å²) in [6.45, 7) is -2.87. The molecule has 32 heavy (non-hydrogen) atoms. The fraction of sp³-hybridized carbons (Fsp3) is 0.304. The van der Waals surface area contributed by atoms with Crippen molar-refractivity contribution in [3.63, 3.8) is 0 Å². The minimum atomic E-state index is -2.90. The van der Waals surface area contributed by atoms with Crippen LogP contribution in [-0.4, -0.2) is 57.8 Å². The highest BCUT2D eigenvalue weighted by Crippen LogP contribution is 2.27. The highest BCUT2D eigenvalue weighted by molar-refractivity contribution is 5.89. The maximum atomic E-state index is 12.2. The van der Waals surface area contributed by atoms with Gasteiger partial charge in [0.15, 0.2) is 18.1 Å². The van der Waals surface area contributed by atoms with Crippen molar-refractivity contribution >= 4 is 18.0 Å². The number of amides is 1. The number of hydrogen-bond acceptors (Lipinski definition) is 6. The van der Waals surface area contributed by atoms with E-state index >= 15 is 0 Å². The molecule has 0 aliphatic heterocycles. The monoisotopic (exact) mass is 449 g/mol. The molecular formula is C23H25F2NO6. The molecule has 1 amide bonds. The van der Waals surface area contributed by atoms with Crippen LogP contribution in [0.1, 0.15) is 11.1 Å². The van der Waals surface area contributed by atoms with Gasteiger partial charge in [-0.2, -0.15) is 8.78 Å². The first-order chi connectivity index (χ1) is 15.3. The van der Waals surface area contributed by atoms with Crippen molar-refractivity contribution in [1.82, 2.24) is 4.90 Å². The fourth-order valence-corrected chi connectivity index (χ4v) is 2.67. The fourth-order valence-electron chi connectivity index (χ4n) is 2.67. The molecule has 0 N–H and O–H groups in total. The van der Waals surface area contributed by atoms with Crippen LogP contribution in [0.4, 0.5) is 8.78 Å². The molecule has 0 bridgehead atoms. The Kier molecular flexibility index (Phi) is 9.46. The van der Waals surface area contributed by atoms with Crippen LogP contribution in [0, 0.1) is 0 Å². The average Bonchev–Trinajstić information content (AvgIpc) is 2.79. The smallest absolute Gasteiger partial charge is 0.387 e. The van der Waals surface area contributed by atoms with E-state index in [0.717, 1.165) is 11.6 Å². The standard InChI is InChI=1S/C23H25F2NO6/c1-26(13-12-17-6-10-19(29-2)20(14-17)30-3)21(27)15-31-22(28)11-7-16-4-8-18(9-5-16)32-23(24)25/h4-11,14,23H,12-13,15H2,1-3H3. The third kappa shape index (κ3) is 7.90. The summed E-state index contributed by atoms with van der Waals surface area (Å²) in [5.41, 5.74) is 1.55. The summed E-state index contributed by atoms with van der Waals surface area (Å²) >= 11 is 0. The third-order valence-corrected chi connectivity index (χ3v) is 4.46. The van der Waals surface area contributed by atoms with Crippen LogP contribution in [-0.2, 0) is 20.7 Å². The van der Waals surface area contributed by atoms with Gasteiger partial charge in [0.25, 0.3) is 5.91 Å². The van der Waals surface area contributed by atoms with Gasteiger partial charge in [0, 0.05) is 19.7 Å². The van der Waals surface area contributed by atoms with Gasteiger partial charge >= 0.3 is 12.6 Å². The quantitative estimate of drug-likeness (QED) is 0.386. The Hall–Kier alpha value is -3.62. The summed E-state index contributed by atoms with van der Waals surface area (Å²) in [6.07, 6.45) is 3.18. The van der Waals surface area contributed by atoms with E-state index in [1.54, 1.807) is 27.3 Å².